The Labute approximate surface area is 194 Å². The third-order valence-electron chi connectivity index (χ3n) is 6.44. The molecule has 2 heterocycles. The molecule has 0 radical (unpaired) electrons. The zero-order valence-electron chi connectivity index (χ0n) is 18.5. The zero-order chi connectivity index (χ0) is 24.6. The first-order valence-electron chi connectivity index (χ1n) is 11.0. The van der Waals surface area contributed by atoms with E-state index >= 15 is 0 Å². The number of benzene rings is 1. The standard InChI is InChI=1S/C25H25F3N4O2/c1-12-7-13(8-20(30)25(12)34)15-5-6-31-11-14(15)9-21(33)24-19(29)10-18(28)23(32-24)22-16(26)3-2-4-17(22)27/h2-6,10-13,20,25,34H,7-9,29-30H2,1H3/t12-,13+,20+,25+/m0/s1. The largest absolute Gasteiger partial charge is 0.397 e. The molecule has 0 saturated heterocycles. The number of aromatic nitrogens is 2. The number of carbonyl (C=O) groups excluding carboxylic acids is 1. The Kier molecular flexibility index (Phi) is 6.67. The minimum absolute atomic E-state index is 0.0146. The van der Waals surface area contributed by atoms with E-state index < -0.39 is 46.6 Å². The number of hydrogen-bond acceptors (Lipinski definition) is 6. The van der Waals surface area contributed by atoms with Gasteiger partial charge >= 0.3 is 0 Å². The summed E-state index contributed by atoms with van der Waals surface area (Å²) in [5.41, 5.74) is 11.7. The molecule has 1 saturated carbocycles. The fraction of sp³-hybridized carbons (Fsp3) is 0.320. The molecule has 0 unspecified atom stereocenters. The number of nitrogen functional groups attached to an aromatic ring is 1. The van der Waals surface area contributed by atoms with Crippen LogP contribution in [-0.2, 0) is 6.42 Å². The van der Waals surface area contributed by atoms with Crippen LogP contribution in [0.3, 0.4) is 0 Å². The highest BCUT2D eigenvalue weighted by molar-refractivity contribution is 6.00. The van der Waals surface area contributed by atoms with Gasteiger partial charge in [0.2, 0.25) is 0 Å². The van der Waals surface area contributed by atoms with Crippen molar-refractivity contribution in [3.8, 4) is 11.3 Å². The van der Waals surface area contributed by atoms with E-state index in [2.05, 4.69) is 9.97 Å². The first kappa shape index (κ1) is 23.8. The second kappa shape index (κ2) is 9.52. The quantitative estimate of drug-likeness (QED) is 0.489. The molecule has 1 aliphatic carbocycles. The molecular formula is C25H25F3N4O2. The van der Waals surface area contributed by atoms with Crippen LogP contribution >= 0.6 is 0 Å². The number of pyridine rings is 2. The molecule has 5 N–H and O–H groups in total. The summed E-state index contributed by atoms with van der Waals surface area (Å²) in [5, 5.41) is 10.2. The van der Waals surface area contributed by atoms with Crippen molar-refractivity contribution < 1.29 is 23.1 Å². The van der Waals surface area contributed by atoms with Crippen molar-refractivity contribution in [2.45, 2.75) is 44.2 Å². The lowest BCUT2D eigenvalue weighted by atomic mass is 9.74. The average Bonchev–Trinajstić information content (AvgIpc) is 2.78. The van der Waals surface area contributed by atoms with E-state index in [-0.39, 0.29) is 29.6 Å². The number of hydrogen-bond donors (Lipinski definition) is 3. The summed E-state index contributed by atoms with van der Waals surface area (Å²) in [7, 11) is 0. The van der Waals surface area contributed by atoms with Gasteiger partial charge in [-0.3, -0.25) is 9.78 Å². The number of aliphatic hydroxyl groups excluding tert-OH is 1. The van der Waals surface area contributed by atoms with Crippen LogP contribution in [0.25, 0.3) is 11.3 Å². The molecule has 3 aromatic rings. The molecule has 34 heavy (non-hydrogen) atoms. The molecule has 178 valence electrons. The van der Waals surface area contributed by atoms with E-state index in [0.717, 1.165) is 29.8 Å². The average molecular weight is 470 g/mol. The summed E-state index contributed by atoms with van der Waals surface area (Å²) in [4.78, 5) is 21.2. The zero-order valence-corrected chi connectivity index (χ0v) is 18.5. The predicted molar refractivity (Wildman–Crippen MR) is 121 cm³/mol. The minimum Gasteiger partial charge on any atom is -0.397 e. The Morgan fingerprint density at radius 1 is 1.15 bits per heavy atom. The molecule has 0 bridgehead atoms. The highest BCUT2D eigenvalue weighted by atomic mass is 19.1. The van der Waals surface area contributed by atoms with Gasteiger partial charge in [0.25, 0.3) is 0 Å². The molecule has 4 rings (SSSR count). The predicted octanol–water partition coefficient (Wildman–Crippen LogP) is 3.77. The number of Topliss-reactive ketones (excluding diaryl/α,β-unsaturated/α-hetero) is 1. The summed E-state index contributed by atoms with van der Waals surface area (Å²) in [6.45, 7) is 1.93. The van der Waals surface area contributed by atoms with Gasteiger partial charge in [0, 0.05) is 30.9 Å². The third-order valence-corrected chi connectivity index (χ3v) is 6.44. The molecule has 0 spiro atoms. The number of carbonyl (C=O) groups is 1. The number of ketones is 1. The fourth-order valence-electron chi connectivity index (χ4n) is 4.69. The second-order valence-electron chi connectivity index (χ2n) is 8.83. The molecule has 1 aliphatic rings. The van der Waals surface area contributed by atoms with Gasteiger partial charge in [-0.15, -0.1) is 0 Å². The van der Waals surface area contributed by atoms with Crippen LogP contribution in [0.5, 0.6) is 0 Å². The maximum atomic E-state index is 14.5. The Hall–Kier alpha value is -3.30. The smallest absolute Gasteiger partial charge is 0.187 e. The van der Waals surface area contributed by atoms with Crippen molar-refractivity contribution in [1.82, 2.24) is 9.97 Å². The molecule has 4 atom stereocenters. The van der Waals surface area contributed by atoms with Crippen molar-refractivity contribution in [3.05, 3.63) is 77.0 Å². The Balaban J connectivity index is 1.67. The molecule has 1 fully saturated rings. The van der Waals surface area contributed by atoms with Crippen LogP contribution in [0.15, 0.2) is 42.7 Å². The van der Waals surface area contributed by atoms with Crippen molar-refractivity contribution >= 4 is 11.5 Å². The van der Waals surface area contributed by atoms with Gasteiger partial charge in [-0.1, -0.05) is 13.0 Å². The van der Waals surface area contributed by atoms with Gasteiger partial charge in [0.05, 0.1) is 17.4 Å². The molecule has 6 nitrogen and oxygen atoms in total. The van der Waals surface area contributed by atoms with Crippen LogP contribution in [0, 0.1) is 23.4 Å². The van der Waals surface area contributed by atoms with Gasteiger partial charge < -0.3 is 16.6 Å². The highest BCUT2D eigenvalue weighted by Crippen LogP contribution is 2.37. The first-order valence-corrected chi connectivity index (χ1v) is 11.0. The van der Waals surface area contributed by atoms with Gasteiger partial charge in [-0.2, -0.15) is 0 Å². The van der Waals surface area contributed by atoms with Crippen molar-refractivity contribution in [2.75, 3.05) is 5.73 Å². The second-order valence-corrected chi connectivity index (χ2v) is 8.83. The van der Waals surface area contributed by atoms with Crippen molar-refractivity contribution in [1.29, 1.82) is 0 Å². The third kappa shape index (κ3) is 4.53. The van der Waals surface area contributed by atoms with E-state index in [9.17, 15) is 23.1 Å². The van der Waals surface area contributed by atoms with Crippen molar-refractivity contribution in [3.63, 3.8) is 0 Å². The Bertz CT molecular complexity index is 1200. The summed E-state index contributed by atoms with van der Waals surface area (Å²) >= 11 is 0. The summed E-state index contributed by atoms with van der Waals surface area (Å²) in [5.74, 6) is -3.59. The van der Waals surface area contributed by atoms with Crippen LogP contribution in [0.4, 0.5) is 18.9 Å². The van der Waals surface area contributed by atoms with E-state index in [1.54, 1.807) is 12.4 Å². The monoisotopic (exact) mass is 470 g/mol. The number of halogens is 3. The Morgan fingerprint density at radius 2 is 1.85 bits per heavy atom. The van der Waals surface area contributed by atoms with Crippen LogP contribution in [0.1, 0.15) is 47.3 Å². The van der Waals surface area contributed by atoms with Crippen molar-refractivity contribution in [2.24, 2.45) is 11.7 Å². The number of anilines is 1. The maximum absolute atomic E-state index is 14.5. The molecule has 0 aliphatic heterocycles. The maximum Gasteiger partial charge on any atom is 0.187 e. The van der Waals surface area contributed by atoms with Gasteiger partial charge in [0.15, 0.2) is 11.6 Å². The first-order chi connectivity index (χ1) is 16.2. The molecule has 0 amide bonds. The number of rotatable bonds is 5. The minimum atomic E-state index is -1.04. The number of nitrogens with two attached hydrogens (primary N) is 2. The normalized spacial score (nSPS) is 22.5. The molecule has 1 aromatic carbocycles. The van der Waals surface area contributed by atoms with E-state index in [1.807, 2.05) is 13.0 Å². The van der Waals surface area contributed by atoms with E-state index in [4.69, 9.17) is 11.5 Å². The number of nitrogens with zero attached hydrogens (tertiary/aromatic N) is 2. The summed E-state index contributed by atoms with van der Waals surface area (Å²) < 4.78 is 43.0. The Morgan fingerprint density at radius 3 is 2.53 bits per heavy atom. The topological polar surface area (TPSA) is 115 Å². The fourth-order valence-corrected chi connectivity index (χ4v) is 4.69. The van der Waals surface area contributed by atoms with Gasteiger partial charge in [-0.05, 0) is 54.0 Å². The molecule has 2 aromatic heterocycles. The lowest BCUT2D eigenvalue weighted by molar-refractivity contribution is 0.0519. The van der Waals surface area contributed by atoms with Gasteiger partial charge in [0.1, 0.15) is 23.0 Å². The van der Waals surface area contributed by atoms with Crippen LogP contribution < -0.4 is 11.5 Å². The number of aliphatic hydroxyl groups is 1. The SMILES string of the molecule is C[C@H]1C[C@@H](c2ccncc2CC(=O)c2nc(-c3c(F)cccc3F)c(F)cc2N)C[C@@H](N)[C@@H]1O. The van der Waals surface area contributed by atoms with Gasteiger partial charge in [-0.25, -0.2) is 18.2 Å². The highest BCUT2D eigenvalue weighted by Gasteiger charge is 2.34. The lowest BCUT2D eigenvalue weighted by Crippen LogP contribution is -2.44. The lowest BCUT2D eigenvalue weighted by Gasteiger charge is -2.36. The molecule has 9 heteroatoms. The molecular weight excluding hydrogens is 445 g/mol. The van der Waals surface area contributed by atoms with Crippen LogP contribution in [-0.4, -0.2) is 33.0 Å². The summed E-state index contributed by atoms with van der Waals surface area (Å²) in [6, 6.07) is 5.37. The summed E-state index contributed by atoms with van der Waals surface area (Å²) in [6.07, 6.45) is 3.68. The van der Waals surface area contributed by atoms with E-state index in [0.29, 0.717) is 18.4 Å². The van der Waals surface area contributed by atoms with Crippen LogP contribution in [0.2, 0.25) is 0 Å². The van der Waals surface area contributed by atoms with E-state index in [1.165, 1.54) is 0 Å².